The van der Waals surface area contributed by atoms with Crippen LogP contribution in [0.4, 0.5) is 18.9 Å². The monoisotopic (exact) mass is 619 g/mol. The van der Waals surface area contributed by atoms with E-state index in [9.17, 15) is 26.4 Å². The van der Waals surface area contributed by atoms with Crippen LogP contribution in [0.2, 0.25) is 15.1 Å². The highest BCUT2D eigenvalue weighted by Gasteiger charge is 2.33. The fraction of sp³-hybridized carbons (Fsp3) is 0.269. The second kappa shape index (κ2) is 11.9. The van der Waals surface area contributed by atoms with E-state index in [0.29, 0.717) is 34.4 Å². The van der Waals surface area contributed by atoms with E-state index < -0.39 is 34.2 Å². The number of hydrogen-bond acceptors (Lipinski definition) is 4. The summed E-state index contributed by atoms with van der Waals surface area (Å²) in [5.41, 5.74) is 0.115. The van der Waals surface area contributed by atoms with Crippen LogP contribution in [0, 0.1) is 0 Å². The molecule has 39 heavy (non-hydrogen) atoms. The van der Waals surface area contributed by atoms with Gasteiger partial charge in [-0.15, -0.1) is 0 Å². The van der Waals surface area contributed by atoms with Crippen LogP contribution in [-0.4, -0.2) is 56.3 Å². The van der Waals surface area contributed by atoms with Crippen LogP contribution in [-0.2, 0) is 27.5 Å². The van der Waals surface area contributed by atoms with Gasteiger partial charge >= 0.3 is 6.18 Å². The van der Waals surface area contributed by atoms with Crippen LogP contribution >= 0.6 is 34.8 Å². The summed E-state index contributed by atoms with van der Waals surface area (Å²) in [7, 11) is -4.13. The van der Waals surface area contributed by atoms with Crippen molar-refractivity contribution in [2.75, 3.05) is 37.6 Å². The number of halogens is 6. The molecule has 3 aromatic rings. The van der Waals surface area contributed by atoms with Gasteiger partial charge in [0, 0.05) is 53.5 Å². The Hall–Kier alpha value is -2.50. The van der Waals surface area contributed by atoms with E-state index >= 15 is 0 Å². The molecule has 6 nitrogen and oxygen atoms in total. The lowest BCUT2D eigenvalue weighted by Gasteiger charge is -2.37. The first-order chi connectivity index (χ1) is 18.3. The third-order valence-corrected chi connectivity index (χ3v) is 8.94. The molecule has 0 N–H and O–H groups in total. The van der Waals surface area contributed by atoms with Gasteiger partial charge < -0.3 is 9.80 Å². The number of carbonyl (C=O) groups excluding carboxylic acids is 1. The van der Waals surface area contributed by atoms with E-state index in [1.54, 1.807) is 23.1 Å². The summed E-state index contributed by atoms with van der Waals surface area (Å²) >= 11 is 18.2. The Morgan fingerprint density at radius 3 is 2.13 bits per heavy atom. The molecule has 0 saturated carbocycles. The highest BCUT2D eigenvalue weighted by Crippen LogP contribution is 2.32. The maximum absolute atomic E-state index is 13.5. The molecule has 1 heterocycles. The first-order valence-electron chi connectivity index (χ1n) is 11.7. The third-order valence-electron chi connectivity index (χ3n) is 6.30. The molecule has 0 unspecified atom stereocenters. The summed E-state index contributed by atoms with van der Waals surface area (Å²) in [6.45, 7) is 0.363. The normalized spacial score (nSPS) is 14.6. The lowest BCUT2D eigenvalue weighted by Crippen LogP contribution is -2.51. The molecule has 0 aliphatic carbocycles. The van der Waals surface area contributed by atoms with E-state index in [1.165, 1.54) is 41.3 Å². The fourth-order valence-corrected chi connectivity index (χ4v) is 6.13. The Morgan fingerprint density at radius 1 is 0.872 bits per heavy atom. The average Bonchev–Trinajstić information content (AvgIpc) is 2.89. The van der Waals surface area contributed by atoms with Crippen molar-refractivity contribution in [2.45, 2.75) is 17.6 Å². The van der Waals surface area contributed by atoms with E-state index in [-0.39, 0.29) is 29.6 Å². The lowest BCUT2D eigenvalue weighted by atomic mass is 10.1. The minimum absolute atomic E-state index is 0.0425. The molecule has 0 spiro atoms. The molecule has 4 rings (SSSR count). The van der Waals surface area contributed by atoms with Crippen LogP contribution in [0.5, 0.6) is 0 Å². The SMILES string of the molecule is O=C(CN(Cc1ccc(Cl)cc1Cl)S(=O)(=O)c1ccc(Cl)cc1)N1CCN(c2cccc(C(F)(F)F)c2)CC1. The van der Waals surface area contributed by atoms with Crippen molar-refractivity contribution >= 4 is 56.4 Å². The molecule has 208 valence electrons. The van der Waals surface area contributed by atoms with Gasteiger partial charge in [-0.2, -0.15) is 17.5 Å². The van der Waals surface area contributed by atoms with Crippen molar-refractivity contribution in [3.63, 3.8) is 0 Å². The van der Waals surface area contributed by atoms with E-state index in [2.05, 4.69) is 0 Å². The molecule has 1 saturated heterocycles. The number of alkyl halides is 3. The molecule has 1 aliphatic heterocycles. The quantitative estimate of drug-likeness (QED) is 0.315. The summed E-state index contributed by atoms with van der Waals surface area (Å²) in [6.07, 6.45) is -4.46. The molecule has 0 bridgehead atoms. The largest absolute Gasteiger partial charge is 0.416 e. The number of nitrogens with zero attached hydrogens (tertiary/aromatic N) is 3. The predicted molar refractivity (Wildman–Crippen MR) is 146 cm³/mol. The first-order valence-corrected chi connectivity index (χ1v) is 14.3. The molecule has 1 fully saturated rings. The number of carbonyl (C=O) groups is 1. The summed E-state index contributed by atoms with van der Waals surface area (Å²) in [4.78, 5) is 16.5. The zero-order chi connectivity index (χ0) is 28.4. The Morgan fingerprint density at radius 2 is 1.51 bits per heavy atom. The zero-order valence-electron chi connectivity index (χ0n) is 20.3. The summed E-state index contributed by atoms with van der Waals surface area (Å²) in [5, 5.41) is 0.988. The van der Waals surface area contributed by atoms with Gasteiger partial charge in [0.15, 0.2) is 0 Å². The van der Waals surface area contributed by atoms with E-state index in [4.69, 9.17) is 34.8 Å². The van der Waals surface area contributed by atoms with Crippen molar-refractivity contribution in [1.82, 2.24) is 9.21 Å². The molecular weight excluding hydrogens is 598 g/mol. The van der Waals surface area contributed by atoms with E-state index in [1.807, 2.05) is 0 Å². The summed E-state index contributed by atoms with van der Waals surface area (Å²) in [5.74, 6) is -0.443. The zero-order valence-corrected chi connectivity index (χ0v) is 23.4. The molecular formula is C26H23Cl3F3N3O3S. The molecule has 1 aliphatic rings. The smallest absolute Gasteiger partial charge is 0.368 e. The molecule has 0 atom stereocenters. The molecule has 13 heteroatoms. The molecule has 1 amide bonds. The standard InChI is InChI=1S/C26H23Cl3F3N3O3S/c27-20-6-8-23(9-7-20)39(37,38)35(16-18-4-5-21(28)15-24(18)29)17-25(36)34-12-10-33(11-13-34)22-3-1-2-19(14-22)26(30,31)32/h1-9,14-15H,10-13,16-17H2. The van der Waals surface area contributed by atoms with Gasteiger partial charge in [-0.1, -0.05) is 46.9 Å². The predicted octanol–water partition coefficient (Wildman–Crippen LogP) is 6.21. The van der Waals surface area contributed by atoms with Gasteiger partial charge in [0.25, 0.3) is 0 Å². The van der Waals surface area contributed by atoms with Gasteiger partial charge in [0.1, 0.15) is 0 Å². The topological polar surface area (TPSA) is 60.9 Å². The Labute approximate surface area is 239 Å². The number of anilines is 1. The second-order valence-corrected chi connectivity index (χ2v) is 12.1. The van der Waals surface area contributed by atoms with Crippen LogP contribution < -0.4 is 4.90 Å². The van der Waals surface area contributed by atoms with Gasteiger partial charge in [-0.05, 0) is 60.2 Å². The Bertz CT molecular complexity index is 1450. The third kappa shape index (κ3) is 7.18. The number of piperazine rings is 1. The van der Waals surface area contributed by atoms with Crippen LogP contribution in [0.25, 0.3) is 0 Å². The fourth-order valence-electron chi connectivity index (χ4n) is 4.17. The average molecular weight is 621 g/mol. The Kier molecular flexibility index (Phi) is 9.02. The van der Waals surface area contributed by atoms with Gasteiger partial charge in [0.2, 0.25) is 15.9 Å². The molecule has 0 aromatic heterocycles. The number of rotatable bonds is 7. The molecule has 3 aromatic carbocycles. The second-order valence-electron chi connectivity index (χ2n) is 8.88. The highest BCUT2D eigenvalue weighted by atomic mass is 35.5. The minimum Gasteiger partial charge on any atom is -0.368 e. The number of amides is 1. The van der Waals surface area contributed by atoms with Gasteiger partial charge in [-0.25, -0.2) is 8.42 Å². The first kappa shape index (κ1) is 29.5. The van der Waals surface area contributed by atoms with Crippen molar-refractivity contribution in [3.05, 3.63) is 92.9 Å². The maximum atomic E-state index is 13.5. The molecule has 0 radical (unpaired) electrons. The van der Waals surface area contributed by atoms with Crippen molar-refractivity contribution < 1.29 is 26.4 Å². The van der Waals surface area contributed by atoms with Crippen LogP contribution in [0.1, 0.15) is 11.1 Å². The maximum Gasteiger partial charge on any atom is 0.416 e. The number of sulfonamides is 1. The van der Waals surface area contributed by atoms with Crippen LogP contribution in [0.3, 0.4) is 0 Å². The van der Waals surface area contributed by atoms with Gasteiger partial charge in [0.05, 0.1) is 17.0 Å². The highest BCUT2D eigenvalue weighted by molar-refractivity contribution is 7.89. The van der Waals surface area contributed by atoms with Gasteiger partial charge in [-0.3, -0.25) is 4.79 Å². The Balaban J connectivity index is 1.51. The van der Waals surface area contributed by atoms with Crippen LogP contribution in [0.15, 0.2) is 71.6 Å². The minimum atomic E-state index is -4.46. The van der Waals surface area contributed by atoms with Crippen molar-refractivity contribution in [3.8, 4) is 0 Å². The van der Waals surface area contributed by atoms with Crippen molar-refractivity contribution in [1.29, 1.82) is 0 Å². The lowest BCUT2D eigenvalue weighted by molar-refractivity contribution is -0.137. The summed E-state index contributed by atoms with van der Waals surface area (Å²) < 4.78 is 67.5. The van der Waals surface area contributed by atoms with E-state index in [0.717, 1.165) is 16.4 Å². The summed E-state index contributed by atoms with van der Waals surface area (Å²) in [6, 6.07) is 15.3. The number of hydrogen-bond donors (Lipinski definition) is 0. The number of benzene rings is 3. The van der Waals surface area contributed by atoms with Crippen molar-refractivity contribution in [2.24, 2.45) is 0 Å².